The number of nitrogens with one attached hydrogen (secondary N) is 2. The molecule has 0 saturated carbocycles. The number of halogens is 1. The van der Waals surface area contributed by atoms with Gasteiger partial charge in [-0.1, -0.05) is 66.0 Å². The molecule has 5 heteroatoms. The number of rotatable bonds is 5. The van der Waals surface area contributed by atoms with Gasteiger partial charge in [0.1, 0.15) is 0 Å². The molecule has 1 heterocycles. The molecule has 4 atom stereocenters. The van der Waals surface area contributed by atoms with Gasteiger partial charge in [-0.3, -0.25) is 4.79 Å². The zero-order valence-corrected chi connectivity index (χ0v) is 17.4. The Labute approximate surface area is 167 Å². The average Bonchev–Trinajstić information content (AvgIpc) is 2.58. The predicted molar refractivity (Wildman–Crippen MR) is 116 cm³/mol. The maximum Gasteiger partial charge on any atom is 0.251 e. The van der Waals surface area contributed by atoms with Gasteiger partial charge in [0, 0.05) is 20.1 Å². The minimum atomic E-state index is -0.0228. The van der Waals surface area contributed by atoms with Crippen molar-refractivity contribution in [2.75, 3.05) is 5.32 Å². The molecule has 0 saturated heterocycles. The highest BCUT2D eigenvalue weighted by Crippen LogP contribution is 2.40. The first kappa shape index (κ1) is 18.6. The summed E-state index contributed by atoms with van der Waals surface area (Å²) in [6, 6.07) is 8.46. The normalized spacial score (nSPS) is 23.4. The molecule has 0 spiro atoms. The number of benzene rings is 1. The number of amides is 1. The fraction of sp³-hybridized carbons (Fsp3) is 0.350. The topological polar surface area (TPSA) is 41.1 Å². The first-order valence-corrected chi connectivity index (χ1v) is 10.6. The highest BCUT2D eigenvalue weighted by Gasteiger charge is 2.29. The molecule has 3 nitrogen and oxygen atoms in total. The highest BCUT2D eigenvalue weighted by atomic mass is 127. The zero-order chi connectivity index (χ0) is 18.0. The number of carbonyl (C=O) groups is 1. The van der Waals surface area contributed by atoms with Crippen molar-refractivity contribution < 1.29 is 4.79 Å². The summed E-state index contributed by atoms with van der Waals surface area (Å²) < 4.78 is 0.479. The highest BCUT2D eigenvalue weighted by molar-refractivity contribution is 14.1. The Balaban J connectivity index is 1.72. The van der Waals surface area contributed by atoms with Crippen molar-refractivity contribution in [2.24, 2.45) is 0 Å². The number of para-hydroxylation sites is 1. The van der Waals surface area contributed by atoms with E-state index in [1.54, 1.807) is 0 Å². The summed E-state index contributed by atoms with van der Waals surface area (Å²) in [5, 5.41) is 7.00. The predicted octanol–water partition coefficient (Wildman–Crippen LogP) is 4.71. The molecule has 1 aliphatic carbocycles. The Morgan fingerprint density at radius 1 is 1.44 bits per heavy atom. The van der Waals surface area contributed by atoms with Gasteiger partial charge in [-0.25, -0.2) is 0 Å². The number of thioether (sulfide) groups is 1. The molecule has 1 amide bonds. The molecule has 2 N–H and O–H groups in total. The van der Waals surface area contributed by atoms with E-state index in [0.717, 1.165) is 23.3 Å². The average molecular weight is 466 g/mol. The van der Waals surface area contributed by atoms with Gasteiger partial charge in [-0.2, -0.15) is 0 Å². The van der Waals surface area contributed by atoms with Gasteiger partial charge in [0.15, 0.2) is 0 Å². The van der Waals surface area contributed by atoms with Gasteiger partial charge in [0.25, 0.3) is 5.91 Å². The Morgan fingerprint density at radius 2 is 2.20 bits per heavy atom. The third-order valence-electron chi connectivity index (χ3n) is 4.37. The van der Waals surface area contributed by atoms with Gasteiger partial charge in [0.05, 0.1) is 17.3 Å². The van der Waals surface area contributed by atoms with Crippen molar-refractivity contribution in [2.45, 2.75) is 46.4 Å². The van der Waals surface area contributed by atoms with Crippen LogP contribution in [0.25, 0.3) is 0 Å². The van der Waals surface area contributed by atoms with Crippen LogP contribution in [0, 0.1) is 0 Å². The largest absolute Gasteiger partial charge is 0.376 e. The Bertz CT molecular complexity index is 741. The summed E-state index contributed by atoms with van der Waals surface area (Å²) in [7, 11) is 0. The fourth-order valence-electron chi connectivity index (χ4n) is 3.01. The monoisotopic (exact) mass is 466 g/mol. The van der Waals surface area contributed by atoms with Crippen LogP contribution in [0.4, 0.5) is 5.69 Å². The number of hydrogen-bond donors (Lipinski definition) is 2. The van der Waals surface area contributed by atoms with Gasteiger partial charge < -0.3 is 10.6 Å². The fourth-order valence-corrected chi connectivity index (χ4v) is 4.68. The van der Waals surface area contributed by atoms with E-state index in [4.69, 9.17) is 0 Å². The molecule has 0 aromatic heterocycles. The summed E-state index contributed by atoms with van der Waals surface area (Å²) in [5.74, 6) is -0.0228. The Kier molecular flexibility index (Phi) is 5.94. The molecule has 4 unspecified atom stereocenters. The number of hydrogen-bond acceptors (Lipinski definition) is 3. The van der Waals surface area contributed by atoms with Crippen molar-refractivity contribution in [3.05, 3.63) is 60.2 Å². The van der Waals surface area contributed by atoms with E-state index < -0.39 is 0 Å². The second kappa shape index (κ2) is 7.99. The maximum absolute atomic E-state index is 12.7. The standard InChI is InChI=1S/C20H23IN2OS/c1-12(2)16(10-13(3)21)23-20(24)14-8-9-19-17(11-14)22-15-6-4-5-7-18(15)25-19/h4-9,11,13,16-17,19,22H,1,10H2,2-3H3,(H,23,24). The third-order valence-corrected chi connectivity index (χ3v) is 6.21. The number of fused-ring (bicyclic) bond motifs is 2. The molecule has 132 valence electrons. The minimum Gasteiger partial charge on any atom is -0.376 e. The number of anilines is 1. The first-order valence-electron chi connectivity index (χ1n) is 8.46. The molecule has 1 aromatic carbocycles. The SMILES string of the molecule is C=C(C)C(CC(C)I)NC(=O)C1=CC2Nc3ccccc3SC2C=C1. The summed E-state index contributed by atoms with van der Waals surface area (Å²) in [6.07, 6.45) is 7.02. The lowest BCUT2D eigenvalue weighted by atomic mass is 9.99. The third kappa shape index (κ3) is 4.50. The molecule has 1 aromatic rings. The quantitative estimate of drug-likeness (QED) is 0.375. The van der Waals surface area contributed by atoms with Crippen LogP contribution in [0.3, 0.4) is 0 Å². The van der Waals surface area contributed by atoms with E-state index in [2.05, 4.69) is 71.0 Å². The van der Waals surface area contributed by atoms with E-state index in [9.17, 15) is 4.79 Å². The van der Waals surface area contributed by atoms with Gasteiger partial charge in [0.2, 0.25) is 0 Å². The van der Waals surface area contributed by atoms with Gasteiger partial charge in [-0.15, -0.1) is 11.8 Å². The van der Waals surface area contributed by atoms with E-state index in [-0.39, 0.29) is 18.0 Å². The van der Waals surface area contributed by atoms with E-state index in [1.165, 1.54) is 4.90 Å². The van der Waals surface area contributed by atoms with Crippen molar-refractivity contribution in [3.63, 3.8) is 0 Å². The lowest BCUT2D eigenvalue weighted by Gasteiger charge is -2.33. The van der Waals surface area contributed by atoms with Crippen LogP contribution >= 0.6 is 34.4 Å². The first-order chi connectivity index (χ1) is 11.9. The van der Waals surface area contributed by atoms with Crippen molar-refractivity contribution in [1.82, 2.24) is 5.32 Å². The molecule has 3 rings (SSSR count). The van der Waals surface area contributed by atoms with Gasteiger partial charge >= 0.3 is 0 Å². The van der Waals surface area contributed by atoms with E-state index in [0.29, 0.717) is 9.17 Å². The number of alkyl halides is 1. The van der Waals surface area contributed by atoms with E-state index >= 15 is 0 Å². The van der Waals surface area contributed by atoms with Crippen LogP contribution in [0.15, 0.2) is 65.1 Å². The molecule has 0 fully saturated rings. The van der Waals surface area contributed by atoms with Crippen LogP contribution in [-0.4, -0.2) is 27.2 Å². The van der Waals surface area contributed by atoms with Crippen LogP contribution < -0.4 is 10.6 Å². The van der Waals surface area contributed by atoms with Crippen LogP contribution in [-0.2, 0) is 4.79 Å². The Morgan fingerprint density at radius 3 is 2.92 bits per heavy atom. The Hall–Kier alpha value is -1.21. The molecule has 0 radical (unpaired) electrons. The molecular formula is C20H23IN2OS. The maximum atomic E-state index is 12.7. The summed E-state index contributed by atoms with van der Waals surface area (Å²) in [6.45, 7) is 8.15. The zero-order valence-electron chi connectivity index (χ0n) is 14.5. The van der Waals surface area contributed by atoms with Crippen molar-refractivity contribution in [1.29, 1.82) is 0 Å². The van der Waals surface area contributed by atoms with Crippen LogP contribution in [0.1, 0.15) is 20.3 Å². The smallest absolute Gasteiger partial charge is 0.251 e. The molecule has 1 aliphatic heterocycles. The van der Waals surface area contributed by atoms with Crippen LogP contribution in [0.2, 0.25) is 0 Å². The van der Waals surface area contributed by atoms with Gasteiger partial charge in [-0.05, 0) is 31.6 Å². The summed E-state index contributed by atoms with van der Waals surface area (Å²) in [5.41, 5.74) is 2.86. The van der Waals surface area contributed by atoms with Crippen molar-refractivity contribution in [3.8, 4) is 0 Å². The van der Waals surface area contributed by atoms with Crippen LogP contribution in [0.5, 0.6) is 0 Å². The molecule has 2 aliphatic rings. The molecule has 0 bridgehead atoms. The summed E-state index contributed by atoms with van der Waals surface area (Å²) in [4.78, 5) is 14.0. The number of carbonyl (C=O) groups excluding carboxylic acids is 1. The lowest BCUT2D eigenvalue weighted by Crippen LogP contribution is -2.40. The minimum absolute atomic E-state index is 0.0147. The van der Waals surface area contributed by atoms with Crippen molar-refractivity contribution >= 4 is 45.9 Å². The summed E-state index contributed by atoms with van der Waals surface area (Å²) >= 11 is 4.22. The van der Waals surface area contributed by atoms with E-state index in [1.807, 2.05) is 36.9 Å². The molecule has 25 heavy (non-hydrogen) atoms. The lowest BCUT2D eigenvalue weighted by molar-refractivity contribution is -0.117. The molecular weight excluding hydrogens is 443 g/mol. The second-order valence-electron chi connectivity index (χ2n) is 6.62. The second-order valence-corrected chi connectivity index (χ2v) is 9.97.